The van der Waals surface area contributed by atoms with Gasteiger partial charge in [-0.05, 0) is 19.1 Å². The number of amides is 1. The molecule has 2 rings (SSSR count). The lowest BCUT2D eigenvalue weighted by atomic mass is 10.1. The summed E-state index contributed by atoms with van der Waals surface area (Å²) in [5.74, 6) is 1.04. The van der Waals surface area contributed by atoms with Crippen LogP contribution >= 0.6 is 0 Å². The van der Waals surface area contributed by atoms with Crippen molar-refractivity contribution in [3.8, 4) is 17.0 Å². The van der Waals surface area contributed by atoms with E-state index in [1.807, 2.05) is 31.2 Å². The highest BCUT2D eigenvalue weighted by molar-refractivity contribution is 5.87. The van der Waals surface area contributed by atoms with E-state index in [0.29, 0.717) is 18.1 Å². The van der Waals surface area contributed by atoms with Crippen LogP contribution in [0.5, 0.6) is 5.75 Å². The number of benzene rings is 1. The van der Waals surface area contributed by atoms with Gasteiger partial charge in [0.1, 0.15) is 5.75 Å². The fourth-order valence-electron chi connectivity index (χ4n) is 1.67. The Kier molecular flexibility index (Phi) is 4.07. The minimum atomic E-state index is -0.170. The lowest BCUT2D eigenvalue weighted by Gasteiger charge is -2.09. The van der Waals surface area contributed by atoms with Crippen molar-refractivity contribution >= 4 is 11.7 Å². The van der Waals surface area contributed by atoms with Gasteiger partial charge in [-0.1, -0.05) is 12.1 Å². The van der Waals surface area contributed by atoms with Crippen LogP contribution in [0.15, 0.2) is 36.7 Å². The van der Waals surface area contributed by atoms with Crippen molar-refractivity contribution in [3.05, 3.63) is 36.7 Å². The summed E-state index contributed by atoms with van der Waals surface area (Å²) in [5.41, 5.74) is 1.59. The van der Waals surface area contributed by atoms with E-state index in [1.54, 1.807) is 6.20 Å². The molecule has 1 heterocycles. The molecular formula is C14H15N3O2. The summed E-state index contributed by atoms with van der Waals surface area (Å²) >= 11 is 0. The number of rotatable bonds is 4. The Bertz CT molecular complexity index is 567. The van der Waals surface area contributed by atoms with E-state index in [1.165, 1.54) is 13.1 Å². The van der Waals surface area contributed by atoms with Gasteiger partial charge in [-0.2, -0.15) is 0 Å². The molecule has 0 saturated heterocycles. The van der Waals surface area contributed by atoms with E-state index in [9.17, 15) is 4.79 Å². The standard InChI is InChI=1S/C14H15N3O2/c1-3-19-13-7-5-4-6-11(13)12-8-16-14(9-15-12)17-10(2)18/h4-9H,3H2,1-2H3,(H,16,17,18). The molecule has 1 aromatic heterocycles. The van der Waals surface area contributed by atoms with Crippen LogP contribution in [-0.2, 0) is 4.79 Å². The van der Waals surface area contributed by atoms with Gasteiger partial charge in [0.2, 0.25) is 5.91 Å². The maximum Gasteiger partial charge on any atom is 0.222 e. The van der Waals surface area contributed by atoms with E-state index < -0.39 is 0 Å². The first kappa shape index (κ1) is 13.0. The van der Waals surface area contributed by atoms with Crippen LogP contribution in [0, 0.1) is 0 Å². The number of hydrogen-bond acceptors (Lipinski definition) is 4. The summed E-state index contributed by atoms with van der Waals surface area (Å²) in [7, 11) is 0. The average molecular weight is 257 g/mol. The Morgan fingerprint density at radius 1 is 1.26 bits per heavy atom. The Balaban J connectivity index is 2.29. The maximum absolute atomic E-state index is 10.9. The van der Waals surface area contributed by atoms with E-state index in [2.05, 4.69) is 15.3 Å². The van der Waals surface area contributed by atoms with Crippen LogP contribution < -0.4 is 10.1 Å². The highest BCUT2D eigenvalue weighted by Crippen LogP contribution is 2.27. The maximum atomic E-state index is 10.9. The van der Waals surface area contributed by atoms with Gasteiger partial charge >= 0.3 is 0 Å². The molecule has 1 N–H and O–H groups in total. The first-order valence-electron chi connectivity index (χ1n) is 6.02. The number of hydrogen-bond donors (Lipinski definition) is 1. The monoisotopic (exact) mass is 257 g/mol. The van der Waals surface area contributed by atoms with Crippen molar-refractivity contribution in [3.63, 3.8) is 0 Å². The summed E-state index contributed by atoms with van der Waals surface area (Å²) < 4.78 is 5.55. The van der Waals surface area contributed by atoms with E-state index in [4.69, 9.17) is 4.74 Å². The van der Waals surface area contributed by atoms with Crippen LogP contribution in [-0.4, -0.2) is 22.5 Å². The largest absolute Gasteiger partial charge is 0.493 e. The second-order valence-corrected chi connectivity index (χ2v) is 3.90. The van der Waals surface area contributed by atoms with E-state index in [-0.39, 0.29) is 5.91 Å². The summed E-state index contributed by atoms with van der Waals surface area (Å²) in [6.07, 6.45) is 3.14. The molecule has 0 aliphatic carbocycles. The fraction of sp³-hybridized carbons (Fsp3) is 0.214. The van der Waals surface area contributed by atoms with Gasteiger partial charge in [-0.3, -0.25) is 9.78 Å². The molecule has 0 aliphatic heterocycles. The van der Waals surface area contributed by atoms with Crippen molar-refractivity contribution in [1.29, 1.82) is 0 Å². The van der Waals surface area contributed by atoms with Crippen molar-refractivity contribution < 1.29 is 9.53 Å². The molecule has 98 valence electrons. The van der Waals surface area contributed by atoms with Crippen LogP contribution in [0.1, 0.15) is 13.8 Å². The zero-order valence-corrected chi connectivity index (χ0v) is 10.9. The van der Waals surface area contributed by atoms with Crippen molar-refractivity contribution in [1.82, 2.24) is 9.97 Å². The Labute approximate surface area is 111 Å². The quantitative estimate of drug-likeness (QED) is 0.914. The summed E-state index contributed by atoms with van der Waals surface area (Å²) in [6.45, 7) is 3.96. The van der Waals surface area contributed by atoms with Gasteiger partial charge in [-0.25, -0.2) is 4.98 Å². The summed E-state index contributed by atoms with van der Waals surface area (Å²) in [4.78, 5) is 19.3. The molecule has 0 aliphatic rings. The Morgan fingerprint density at radius 3 is 2.68 bits per heavy atom. The first-order chi connectivity index (χ1) is 9.20. The van der Waals surface area contributed by atoms with E-state index >= 15 is 0 Å². The van der Waals surface area contributed by atoms with Gasteiger partial charge < -0.3 is 10.1 Å². The number of ether oxygens (including phenoxy) is 1. The minimum absolute atomic E-state index is 0.170. The van der Waals surface area contributed by atoms with Crippen molar-refractivity contribution in [2.24, 2.45) is 0 Å². The Hall–Kier alpha value is -2.43. The number of aromatic nitrogens is 2. The van der Waals surface area contributed by atoms with Gasteiger partial charge in [-0.15, -0.1) is 0 Å². The summed E-state index contributed by atoms with van der Waals surface area (Å²) in [6, 6.07) is 7.64. The number of para-hydroxylation sites is 1. The summed E-state index contributed by atoms with van der Waals surface area (Å²) in [5, 5.41) is 2.58. The predicted molar refractivity (Wildman–Crippen MR) is 72.9 cm³/mol. The predicted octanol–water partition coefficient (Wildman–Crippen LogP) is 2.50. The third-order valence-corrected chi connectivity index (χ3v) is 2.42. The third kappa shape index (κ3) is 3.28. The first-order valence-corrected chi connectivity index (χ1v) is 6.02. The lowest BCUT2D eigenvalue weighted by molar-refractivity contribution is -0.114. The van der Waals surface area contributed by atoms with Crippen molar-refractivity contribution in [2.75, 3.05) is 11.9 Å². The zero-order chi connectivity index (χ0) is 13.7. The van der Waals surface area contributed by atoms with E-state index in [0.717, 1.165) is 11.3 Å². The molecule has 19 heavy (non-hydrogen) atoms. The van der Waals surface area contributed by atoms with Crippen LogP contribution in [0.25, 0.3) is 11.3 Å². The Morgan fingerprint density at radius 2 is 2.05 bits per heavy atom. The fourth-order valence-corrected chi connectivity index (χ4v) is 1.67. The molecule has 1 aromatic carbocycles. The molecule has 2 aromatic rings. The molecule has 0 saturated carbocycles. The molecule has 0 radical (unpaired) electrons. The molecule has 5 nitrogen and oxygen atoms in total. The molecule has 0 fully saturated rings. The van der Waals surface area contributed by atoms with Crippen LogP contribution in [0.4, 0.5) is 5.82 Å². The highest BCUT2D eigenvalue weighted by atomic mass is 16.5. The molecule has 1 amide bonds. The van der Waals surface area contributed by atoms with Crippen molar-refractivity contribution in [2.45, 2.75) is 13.8 Å². The SMILES string of the molecule is CCOc1ccccc1-c1cnc(NC(C)=O)cn1. The average Bonchev–Trinajstić information content (AvgIpc) is 2.40. The van der Waals surface area contributed by atoms with Crippen LogP contribution in [0.2, 0.25) is 0 Å². The molecule has 0 atom stereocenters. The van der Waals surface area contributed by atoms with Gasteiger partial charge in [0.05, 0.1) is 24.7 Å². The normalized spacial score (nSPS) is 10.0. The molecule has 0 spiro atoms. The third-order valence-electron chi connectivity index (χ3n) is 2.42. The topological polar surface area (TPSA) is 64.1 Å². The second-order valence-electron chi connectivity index (χ2n) is 3.90. The van der Waals surface area contributed by atoms with Gasteiger partial charge in [0.25, 0.3) is 0 Å². The number of carbonyl (C=O) groups is 1. The molecule has 0 unspecified atom stereocenters. The number of anilines is 1. The molecule has 0 bridgehead atoms. The highest BCUT2D eigenvalue weighted by Gasteiger charge is 2.07. The molecular weight excluding hydrogens is 242 g/mol. The van der Waals surface area contributed by atoms with Gasteiger partial charge in [0, 0.05) is 12.5 Å². The molecule has 5 heteroatoms. The number of nitrogens with zero attached hydrogens (tertiary/aromatic N) is 2. The smallest absolute Gasteiger partial charge is 0.222 e. The zero-order valence-electron chi connectivity index (χ0n) is 10.9. The lowest BCUT2D eigenvalue weighted by Crippen LogP contribution is -2.07. The number of nitrogens with one attached hydrogen (secondary N) is 1. The second kappa shape index (κ2) is 5.95. The minimum Gasteiger partial charge on any atom is -0.493 e. The van der Waals surface area contributed by atoms with Crippen LogP contribution in [0.3, 0.4) is 0 Å². The van der Waals surface area contributed by atoms with Gasteiger partial charge in [0.15, 0.2) is 5.82 Å². The number of carbonyl (C=O) groups excluding carboxylic acids is 1.